The average Bonchev–Trinajstić information content (AvgIpc) is 2.93. The van der Waals surface area contributed by atoms with E-state index in [-0.39, 0.29) is 23.4 Å². The van der Waals surface area contributed by atoms with Gasteiger partial charge in [0.25, 0.3) is 10.0 Å². The van der Waals surface area contributed by atoms with E-state index < -0.39 is 34.3 Å². The summed E-state index contributed by atoms with van der Waals surface area (Å²) in [6.45, 7) is 6.94. The maximum Gasteiger partial charge on any atom is 0.264 e. The molecule has 0 bridgehead atoms. The zero-order chi connectivity index (χ0) is 29.4. The number of nitrogens with zero attached hydrogens (tertiary/aromatic N) is 2. The van der Waals surface area contributed by atoms with Crippen molar-refractivity contribution in [3.05, 3.63) is 94.2 Å². The lowest BCUT2D eigenvalue weighted by Gasteiger charge is -2.33. The van der Waals surface area contributed by atoms with Gasteiger partial charge in [-0.15, -0.1) is 0 Å². The lowest BCUT2D eigenvalue weighted by molar-refractivity contribution is -0.140. The molecule has 1 N–H and O–H groups in total. The minimum absolute atomic E-state index is 0.00427. The molecule has 0 radical (unpaired) electrons. The minimum Gasteiger partial charge on any atom is -0.352 e. The number of anilines is 1. The van der Waals surface area contributed by atoms with Crippen LogP contribution in [0.2, 0.25) is 0 Å². The monoisotopic (exact) mass is 631 g/mol. The molecule has 0 aliphatic heterocycles. The Hall–Kier alpha value is -3.24. The normalized spacial score (nSPS) is 12.8. The highest BCUT2D eigenvalue weighted by Gasteiger charge is 2.34. The highest BCUT2D eigenvalue weighted by Crippen LogP contribution is 2.26. The third-order valence-corrected chi connectivity index (χ3v) is 8.97. The van der Waals surface area contributed by atoms with Crippen LogP contribution >= 0.6 is 15.9 Å². The summed E-state index contributed by atoms with van der Waals surface area (Å²) in [5, 5.41) is 2.93. The van der Waals surface area contributed by atoms with Gasteiger partial charge >= 0.3 is 0 Å². The second kappa shape index (κ2) is 13.9. The van der Waals surface area contributed by atoms with Gasteiger partial charge in [0.05, 0.1) is 10.6 Å². The first-order chi connectivity index (χ1) is 19.0. The van der Waals surface area contributed by atoms with Crippen molar-refractivity contribution in [3.8, 4) is 0 Å². The summed E-state index contributed by atoms with van der Waals surface area (Å²) < 4.78 is 43.1. The Bertz CT molecular complexity index is 1400. The predicted octanol–water partition coefficient (Wildman–Crippen LogP) is 5.81. The number of amides is 2. The predicted molar refractivity (Wildman–Crippen MR) is 159 cm³/mol. The van der Waals surface area contributed by atoms with Crippen molar-refractivity contribution in [2.45, 2.75) is 64.1 Å². The Morgan fingerprint density at radius 1 is 0.925 bits per heavy atom. The van der Waals surface area contributed by atoms with Crippen LogP contribution in [0.15, 0.2) is 82.2 Å². The molecule has 214 valence electrons. The topological polar surface area (TPSA) is 86.8 Å². The molecule has 2 atom stereocenters. The molecule has 10 heteroatoms. The summed E-state index contributed by atoms with van der Waals surface area (Å²) in [5.74, 6) is -1.31. The van der Waals surface area contributed by atoms with Gasteiger partial charge in [-0.05, 0) is 80.8 Å². The Kier molecular flexibility index (Phi) is 10.9. The zero-order valence-electron chi connectivity index (χ0n) is 23.1. The van der Waals surface area contributed by atoms with Crippen LogP contribution in [-0.2, 0) is 26.2 Å². The average molecular weight is 633 g/mol. The van der Waals surface area contributed by atoms with E-state index in [0.717, 1.165) is 14.3 Å². The highest BCUT2D eigenvalue weighted by atomic mass is 79.9. The van der Waals surface area contributed by atoms with Crippen molar-refractivity contribution in [3.63, 3.8) is 0 Å². The van der Waals surface area contributed by atoms with E-state index >= 15 is 0 Å². The first kappa shape index (κ1) is 31.3. The number of carbonyl (C=O) groups is 2. The lowest BCUT2D eigenvalue weighted by Crippen LogP contribution is -2.53. The fourth-order valence-corrected chi connectivity index (χ4v) is 5.80. The van der Waals surface area contributed by atoms with Crippen molar-refractivity contribution in [1.82, 2.24) is 10.2 Å². The molecule has 3 aromatic carbocycles. The maximum atomic E-state index is 14.0. The third-order valence-electron chi connectivity index (χ3n) is 6.66. The van der Waals surface area contributed by atoms with Gasteiger partial charge in [0.1, 0.15) is 18.4 Å². The number of benzene rings is 3. The molecule has 0 heterocycles. The molecule has 0 fully saturated rings. The number of rotatable bonds is 12. The fourth-order valence-electron chi connectivity index (χ4n) is 4.12. The highest BCUT2D eigenvalue weighted by molar-refractivity contribution is 9.10. The first-order valence-electron chi connectivity index (χ1n) is 13.2. The van der Waals surface area contributed by atoms with E-state index in [1.54, 1.807) is 55.5 Å². The SMILES string of the molecule is CCC(C)NC(=O)C(CC)N(Cc1ccc(F)cc1)C(=O)CN(c1ccc(Br)cc1)S(=O)(=O)c1ccc(C)cc1. The van der Waals surface area contributed by atoms with Gasteiger partial charge in [0, 0.05) is 17.1 Å². The summed E-state index contributed by atoms with van der Waals surface area (Å²) in [6, 6.07) is 17.7. The molecule has 7 nitrogen and oxygen atoms in total. The van der Waals surface area contributed by atoms with Crippen molar-refractivity contribution < 1.29 is 22.4 Å². The second-order valence-electron chi connectivity index (χ2n) is 9.69. The molecule has 3 rings (SSSR count). The molecule has 0 aromatic heterocycles. The second-order valence-corrected chi connectivity index (χ2v) is 12.5. The molecular weight excluding hydrogens is 597 g/mol. The van der Waals surface area contributed by atoms with Crippen LogP contribution in [0.3, 0.4) is 0 Å². The fraction of sp³-hybridized carbons (Fsp3) is 0.333. The summed E-state index contributed by atoms with van der Waals surface area (Å²) in [6.07, 6.45) is 1.01. The standard InChI is InChI=1S/C30H35BrFN3O4S/c1-5-22(4)33-30(37)28(6-2)34(19-23-9-13-25(32)14-10-23)29(36)20-35(26-15-11-24(31)12-16-26)40(38,39)27-17-7-21(3)8-18-27/h7-18,22,28H,5-6,19-20H2,1-4H3,(H,33,37). The molecule has 2 unspecified atom stereocenters. The summed E-state index contributed by atoms with van der Waals surface area (Å²) in [4.78, 5) is 28.7. The van der Waals surface area contributed by atoms with Gasteiger partial charge in [-0.2, -0.15) is 0 Å². The summed E-state index contributed by atoms with van der Waals surface area (Å²) in [5.41, 5.74) is 1.81. The molecule has 0 saturated heterocycles. The van der Waals surface area contributed by atoms with Crippen molar-refractivity contribution in [2.75, 3.05) is 10.8 Å². The Labute approximate surface area is 244 Å². The molecule has 2 amide bonds. The van der Waals surface area contributed by atoms with Crippen LogP contribution in [0.5, 0.6) is 0 Å². The minimum atomic E-state index is -4.15. The van der Waals surface area contributed by atoms with Crippen LogP contribution in [0.1, 0.15) is 44.7 Å². The first-order valence-corrected chi connectivity index (χ1v) is 15.4. The third kappa shape index (κ3) is 7.91. The summed E-state index contributed by atoms with van der Waals surface area (Å²) >= 11 is 3.37. The van der Waals surface area contributed by atoms with Crippen LogP contribution in [0, 0.1) is 12.7 Å². The van der Waals surface area contributed by atoms with Crippen molar-refractivity contribution in [1.29, 1.82) is 0 Å². The van der Waals surface area contributed by atoms with Gasteiger partial charge in [-0.3, -0.25) is 13.9 Å². The quantitative estimate of drug-likeness (QED) is 0.273. The lowest BCUT2D eigenvalue weighted by atomic mass is 10.1. The van der Waals surface area contributed by atoms with E-state index in [9.17, 15) is 22.4 Å². The molecule has 3 aromatic rings. The van der Waals surface area contributed by atoms with Crippen LogP contribution in [0.4, 0.5) is 10.1 Å². The summed E-state index contributed by atoms with van der Waals surface area (Å²) in [7, 11) is -4.15. The number of hydrogen-bond donors (Lipinski definition) is 1. The van der Waals surface area contributed by atoms with E-state index in [1.807, 2.05) is 20.8 Å². The number of nitrogens with one attached hydrogen (secondary N) is 1. The molecule has 0 aliphatic carbocycles. The van der Waals surface area contributed by atoms with Gasteiger partial charge in [0.15, 0.2) is 0 Å². The van der Waals surface area contributed by atoms with E-state index in [1.165, 1.54) is 29.2 Å². The Morgan fingerprint density at radius 3 is 2.08 bits per heavy atom. The number of carbonyl (C=O) groups excluding carboxylic acids is 2. The molecule has 40 heavy (non-hydrogen) atoms. The van der Waals surface area contributed by atoms with E-state index in [2.05, 4.69) is 21.2 Å². The van der Waals surface area contributed by atoms with E-state index in [4.69, 9.17) is 0 Å². The maximum absolute atomic E-state index is 14.0. The molecular formula is C30H35BrFN3O4S. The van der Waals surface area contributed by atoms with Gasteiger partial charge in [0.2, 0.25) is 11.8 Å². The van der Waals surface area contributed by atoms with Gasteiger partial charge in [-0.25, -0.2) is 12.8 Å². The Balaban J connectivity index is 2.04. The Morgan fingerprint density at radius 2 is 1.52 bits per heavy atom. The number of hydrogen-bond acceptors (Lipinski definition) is 4. The van der Waals surface area contributed by atoms with Crippen LogP contribution < -0.4 is 9.62 Å². The van der Waals surface area contributed by atoms with Crippen molar-refractivity contribution in [2.24, 2.45) is 0 Å². The molecule has 0 spiro atoms. The number of sulfonamides is 1. The molecule has 0 saturated carbocycles. The van der Waals surface area contributed by atoms with Crippen LogP contribution in [0.25, 0.3) is 0 Å². The van der Waals surface area contributed by atoms with Crippen molar-refractivity contribution >= 4 is 43.5 Å². The van der Waals surface area contributed by atoms with Gasteiger partial charge < -0.3 is 10.2 Å². The zero-order valence-corrected chi connectivity index (χ0v) is 25.5. The number of aryl methyl sites for hydroxylation is 1. The smallest absolute Gasteiger partial charge is 0.264 e. The van der Waals surface area contributed by atoms with Crippen LogP contribution in [-0.4, -0.2) is 43.8 Å². The van der Waals surface area contributed by atoms with Gasteiger partial charge in [-0.1, -0.05) is 59.6 Å². The molecule has 0 aliphatic rings. The number of halogens is 2. The van der Waals surface area contributed by atoms with E-state index in [0.29, 0.717) is 24.1 Å². The largest absolute Gasteiger partial charge is 0.352 e.